The molecule has 26 heavy (non-hydrogen) atoms. The third kappa shape index (κ3) is 2.18. The molecule has 0 spiro atoms. The van der Waals surface area contributed by atoms with Crippen molar-refractivity contribution >= 4 is 0 Å². The van der Waals surface area contributed by atoms with Crippen LogP contribution in [0.2, 0.25) is 0 Å². The predicted octanol–water partition coefficient (Wildman–Crippen LogP) is 1.82. The van der Waals surface area contributed by atoms with Crippen molar-refractivity contribution in [2.24, 2.45) is 29.1 Å². The second kappa shape index (κ2) is 5.92. The summed E-state index contributed by atoms with van der Waals surface area (Å²) in [5.41, 5.74) is 5.10. The topological polar surface area (TPSA) is 97.8 Å². The molecule has 0 aliphatic heterocycles. The molecule has 6 nitrogen and oxygen atoms in total. The quantitative estimate of drug-likeness (QED) is 0.674. The lowest BCUT2D eigenvalue weighted by molar-refractivity contribution is -0.0511. The van der Waals surface area contributed by atoms with Crippen molar-refractivity contribution in [2.75, 3.05) is 13.2 Å². The second-order valence-corrected chi connectivity index (χ2v) is 8.95. The number of aliphatic hydroxyl groups excluding tert-OH is 2. The van der Waals surface area contributed by atoms with Gasteiger partial charge in [-0.15, -0.1) is 0 Å². The van der Waals surface area contributed by atoms with Crippen molar-refractivity contribution in [3.8, 4) is 0 Å². The average Bonchev–Trinajstić information content (AvgIpc) is 3.35. The lowest BCUT2D eigenvalue weighted by atomic mass is 9.52. The number of hydrogen-bond donors (Lipinski definition) is 4. The van der Waals surface area contributed by atoms with E-state index in [9.17, 15) is 10.2 Å². The molecule has 3 aliphatic carbocycles. The van der Waals surface area contributed by atoms with Crippen molar-refractivity contribution in [2.45, 2.75) is 44.9 Å². The normalized spacial score (nSPS) is 38.7. The van der Waals surface area contributed by atoms with Gasteiger partial charge < -0.3 is 10.2 Å². The van der Waals surface area contributed by atoms with Crippen molar-refractivity contribution in [3.05, 3.63) is 34.9 Å². The molecule has 2 aromatic rings. The van der Waals surface area contributed by atoms with Crippen LogP contribution in [0.25, 0.3) is 0 Å². The number of nitrogens with zero attached hydrogens (tertiary/aromatic N) is 2. The Hall–Kier alpha value is -1.66. The molecular formula is C20H28N4O2. The van der Waals surface area contributed by atoms with Crippen LogP contribution in [0.1, 0.15) is 48.2 Å². The fraction of sp³-hybridized carbons (Fsp3) is 0.700. The van der Waals surface area contributed by atoms with E-state index in [1.54, 1.807) is 0 Å². The molecule has 0 radical (unpaired) electrons. The van der Waals surface area contributed by atoms with Crippen LogP contribution >= 0.6 is 0 Å². The van der Waals surface area contributed by atoms with Gasteiger partial charge in [0, 0.05) is 30.5 Å². The minimum Gasteiger partial charge on any atom is -0.396 e. The smallest absolute Gasteiger partial charge is 0.0522 e. The number of fused-ring (bicyclic) bond motifs is 4. The minimum absolute atomic E-state index is 0.00145. The molecule has 3 aliphatic rings. The van der Waals surface area contributed by atoms with Crippen molar-refractivity contribution in [1.82, 2.24) is 20.4 Å². The van der Waals surface area contributed by atoms with Crippen LogP contribution in [0, 0.1) is 29.1 Å². The summed E-state index contributed by atoms with van der Waals surface area (Å²) in [6, 6.07) is 0. The molecule has 1 saturated carbocycles. The third-order valence-corrected chi connectivity index (χ3v) is 7.99. The van der Waals surface area contributed by atoms with Crippen LogP contribution in [-0.2, 0) is 19.3 Å². The Balaban J connectivity index is 1.48. The highest BCUT2D eigenvalue weighted by Crippen LogP contribution is 2.58. The predicted molar refractivity (Wildman–Crippen MR) is 96.5 cm³/mol. The van der Waals surface area contributed by atoms with E-state index in [0.29, 0.717) is 17.8 Å². The first-order valence-electron chi connectivity index (χ1n) is 9.90. The summed E-state index contributed by atoms with van der Waals surface area (Å²) in [5, 5.41) is 35.3. The van der Waals surface area contributed by atoms with Crippen LogP contribution < -0.4 is 0 Å². The van der Waals surface area contributed by atoms with Crippen LogP contribution in [0.5, 0.6) is 0 Å². The second-order valence-electron chi connectivity index (χ2n) is 8.95. The Bertz CT molecular complexity index is 799. The van der Waals surface area contributed by atoms with Crippen LogP contribution in [0.4, 0.5) is 0 Å². The summed E-state index contributed by atoms with van der Waals surface area (Å²) in [7, 11) is 0. The Morgan fingerprint density at radius 1 is 1.08 bits per heavy atom. The standard InChI is InChI=1S/C20H28N4O2/c1-20(6-12-8-21-23-18(12)5-13(20)9-25)17-3-2-14-15(16(17)10-26)4-11-7-22-24-19(11)14/h7-8,13-17,25-26H,2-6,9-10H2,1H3,(H,21,23)(H,22,24)/t13?,14?,15?,16?,17?,20-/m0/s1. The lowest BCUT2D eigenvalue weighted by Gasteiger charge is -2.53. The Morgan fingerprint density at radius 2 is 1.88 bits per heavy atom. The first-order valence-corrected chi connectivity index (χ1v) is 9.90. The zero-order chi connectivity index (χ0) is 17.9. The lowest BCUT2D eigenvalue weighted by Crippen LogP contribution is -2.50. The number of hydrogen-bond acceptors (Lipinski definition) is 4. The van der Waals surface area contributed by atoms with Gasteiger partial charge in [0.2, 0.25) is 0 Å². The van der Waals surface area contributed by atoms with Crippen molar-refractivity contribution in [1.29, 1.82) is 0 Å². The summed E-state index contributed by atoms with van der Waals surface area (Å²) in [4.78, 5) is 0. The summed E-state index contributed by atoms with van der Waals surface area (Å²) < 4.78 is 0. The van der Waals surface area contributed by atoms with Crippen LogP contribution in [0.3, 0.4) is 0 Å². The van der Waals surface area contributed by atoms with E-state index in [0.717, 1.165) is 32.1 Å². The maximum absolute atomic E-state index is 10.4. The number of aromatic amines is 2. The molecule has 2 aromatic heterocycles. The monoisotopic (exact) mass is 356 g/mol. The van der Waals surface area contributed by atoms with Crippen molar-refractivity contribution < 1.29 is 10.2 Å². The van der Waals surface area contributed by atoms with Crippen LogP contribution in [0.15, 0.2) is 12.4 Å². The van der Waals surface area contributed by atoms with Crippen LogP contribution in [-0.4, -0.2) is 43.8 Å². The van der Waals surface area contributed by atoms with Gasteiger partial charge in [0.1, 0.15) is 0 Å². The molecule has 6 heteroatoms. The number of aliphatic hydroxyl groups is 2. The molecule has 5 rings (SSSR count). The fourth-order valence-corrected chi connectivity index (χ4v) is 6.58. The molecule has 5 unspecified atom stereocenters. The molecule has 0 bridgehead atoms. The minimum atomic E-state index is -0.00145. The number of rotatable bonds is 3. The number of aromatic nitrogens is 4. The molecule has 0 aromatic carbocycles. The van der Waals surface area contributed by atoms with Gasteiger partial charge in [-0.05, 0) is 72.3 Å². The number of H-pyrrole nitrogens is 2. The van der Waals surface area contributed by atoms with E-state index in [1.807, 2.05) is 12.4 Å². The molecular weight excluding hydrogens is 328 g/mol. The van der Waals surface area contributed by atoms with E-state index in [-0.39, 0.29) is 30.5 Å². The Morgan fingerprint density at radius 3 is 2.69 bits per heavy atom. The SMILES string of the molecule is C[C@]1(C2CCC3c4[nH]ncc4CC3C2CO)Cc2cn[nH]c2CC1CO. The van der Waals surface area contributed by atoms with Crippen molar-refractivity contribution in [3.63, 3.8) is 0 Å². The zero-order valence-electron chi connectivity index (χ0n) is 15.3. The van der Waals surface area contributed by atoms with Gasteiger partial charge in [-0.1, -0.05) is 6.92 Å². The summed E-state index contributed by atoms with van der Waals surface area (Å²) in [6.07, 6.45) is 8.98. The van der Waals surface area contributed by atoms with Gasteiger partial charge in [0.25, 0.3) is 0 Å². The highest BCUT2D eigenvalue weighted by atomic mass is 16.3. The highest BCUT2D eigenvalue weighted by Gasteiger charge is 2.53. The van der Waals surface area contributed by atoms with Gasteiger partial charge in [0.05, 0.1) is 12.4 Å². The van der Waals surface area contributed by atoms with Gasteiger partial charge in [0.15, 0.2) is 0 Å². The van der Waals surface area contributed by atoms with Gasteiger partial charge in [-0.2, -0.15) is 10.2 Å². The first-order chi connectivity index (χ1) is 12.7. The van der Waals surface area contributed by atoms with E-state index in [1.165, 1.54) is 22.5 Å². The van der Waals surface area contributed by atoms with E-state index in [4.69, 9.17) is 0 Å². The van der Waals surface area contributed by atoms with E-state index >= 15 is 0 Å². The maximum atomic E-state index is 10.4. The fourth-order valence-electron chi connectivity index (χ4n) is 6.58. The van der Waals surface area contributed by atoms with Gasteiger partial charge in [-0.3, -0.25) is 10.2 Å². The largest absolute Gasteiger partial charge is 0.396 e. The molecule has 140 valence electrons. The third-order valence-electron chi connectivity index (χ3n) is 7.99. The molecule has 0 amide bonds. The molecule has 1 fully saturated rings. The van der Waals surface area contributed by atoms with E-state index < -0.39 is 0 Å². The summed E-state index contributed by atoms with van der Waals surface area (Å²) in [6.45, 7) is 2.77. The molecule has 4 N–H and O–H groups in total. The van der Waals surface area contributed by atoms with Gasteiger partial charge >= 0.3 is 0 Å². The molecule has 0 saturated heterocycles. The summed E-state index contributed by atoms with van der Waals surface area (Å²) in [5.74, 6) is 1.91. The van der Waals surface area contributed by atoms with Gasteiger partial charge in [-0.25, -0.2) is 0 Å². The Kier molecular flexibility index (Phi) is 3.76. The maximum Gasteiger partial charge on any atom is 0.0522 e. The number of nitrogens with one attached hydrogen (secondary N) is 2. The first kappa shape index (κ1) is 16.5. The zero-order valence-corrected chi connectivity index (χ0v) is 15.3. The molecule has 2 heterocycles. The highest BCUT2D eigenvalue weighted by molar-refractivity contribution is 5.31. The van der Waals surface area contributed by atoms with E-state index in [2.05, 4.69) is 27.3 Å². The average molecular weight is 356 g/mol. The molecule has 6 atom stereocenters. The Labute approximate surface area is 153 Å². The summed E-state index contributed by atoms with van der Waals surface area (Å²) >= 11 is 0.